The van der Waals surface area contributed by atoms with Gasteiger partial charge in [0.15, 0.2) is 0 Å². The number of carbonyl (C=O) groups is 2. The molecule has 3 N–H and O–H groups in total. The summed E-state index contributed by atoms with van der Waals surface area (Å²) in [6, 6.07) is 19.2. The Morgan fingerprint density at radius 1 is 0.974 bits per heavy atom. The summed E-state index contributed by atoms with van der Waals surface area (Å²) in [6.45, 7) is 5.10. The van der Waals surface area contributed by atoms with Gasteiger partial charge in [-0.2, -0.15) is 0 Å². The van der Waals surface area contributed by atoms with Gasteiger partial charge in [-0.25, -0.2) is 18.6 Å². The predicted octanol–water partition coefficient (Wildman–Crippen LogP) is 2.69. The number of sulfonamides is 1. The van der Waals surface area contributed by atoms with Crippen LogP contribution in [0.2, 0.25) is 0 Å². The number of hydrogen-bond acceptors (Lipinski definition) is 7. The van der Waals surface area contributed by atoms with Crippen molar-refractivity contribution in [2.24, 2.45) is 0 Å². The number of hydroxylamine groups is 1. The van der Waals surface area contributed by atoms with Crippen LogP contribution in [0, 0.1) is 0 Å². The van der Waals surface area contributed by atoms with Gasteiger partial charge in [0.1, 0.15) is 17.9 Å². The molecule has 1 saturated heterocycles. The molecule has 0 saturated carbocycles. The summed E-state index contributed by atoms with van der Waals surface area (Å²) in [7, 11) is -3.95. The first-order chi connectivity index (χ1) is 18.7. The van der Waals surface area contributed by atoms with Crippen LogP contribution in [-0.2, 0) is 19.6 Å². The van der Waals surface area contributed by atoms with Crippen LogP contribution in [0.15, 0.2) is 71.6 Å². The first-order valence-corrected chi connectivity index (χ1v) is 14.4. The standard InChI is InChI=1S/C28H34N4O6S/c1-3-27(33)32-17-15-31(16-18-32)26(28(34)30-35)19-29-39(36,37)23-13-11-22(12-14-23)38-20(2)24-10-6-8-21-7-4-5-9-25(21)24/h4-14,20,26,29,35H,3,15-19H2,1-2H3,(H,30,34)/t20-,26?/m0/s1. The molecule has 0 radical (unpaired) electrons. The van der Waals surface area contributed by atoms with Gasteiger partial charge in [-0.3, -0.25) is 19.7 Å². The Kier molecular flexibility index (Phi) is 9.18. The number of rotatable bonds is 10. The Bertz CT molecular complexity index is 1400. The molecular weight excluding hydrogens is 520 g/mol. The van der Waals surface area contributed by atoms with Crippen molar-refractivity contribution in [3.05, 3.63) is 72.3 Å². The average molecular weight is 555 g/mol. The number of carbonyl (C=O) groups excluding carboxylic acids is 2. The maximum atomic E-state index is 13.0. The monoisotopic (exact) mass is 554 g/mol. The van der Waals surface area contributed by atoms with E-state index in [9.17, 15) is 23.2 Å². The summed E-state index contributed by atoms with van der Waals surface area (Å²) in [5.74, 6) is -0.178. The van der Waals surface area contributed by atoms with E-state index in [-0.39, 0.29) is 23.5 Å². The molecule has 3 aromatic rings. The van der Waals surface area contributed by atoms with E-state index in [0.717, 1.165) is 16.3 Å². The maximum absolute atomic E-state index is 13.0. The first-order valence-electron chi connectivity index (χ1n) is 12.9. The molecule has 4 rings (SSSR count). The number of ether oxygens (including phenoxy) is 1. The lowest BCUT2D eigenvalue weighted by atomic mass is 10.0. The molecule has 1 fully saturated rings. The topological polar surface area (TPSA) is 128 Å². The van der Waals surface area contributed by atoms with E-state index in [2.05, 4.69) is 4.72 Å². The molecule has 39 heavy (non-hydrogen) atoms. The summed E-state index contributed by atoms with van der Waals surface area (Å²) < 4.78 is 34.6. The van der Waals surface area contributed by atoms with Gasteiger partial charge in [0.25, 0.3) is 5.91 Å². The van der Waals surface area contributed by atoms with Gasteiger partial charge in [-0.1, -0.05) is 49.4 Å². The fourth-order valence-electron chi connectivity index (χ4n) is 4.81. The molecule has 0 bridgehead atoms. The molecule has 208 valence electrons. The minimum Gasteiger partial charge on any atom is -0.486 e. The Morgan fingerprint density at radius 3 is 2.31 bits per heavy atom. The Morgan fingerprint density at radius 2 is 1.64 bits per heavy atom. The normalized spacial score (nSPS) is 16.0. The molecule has 1 unspecified atom stereocenters. The molecule has 0 aliphatic carbocycles. The average Bonchev–Trinajstić information content (AvgIpc) is 2.96. The molecule has 1 heterocycles. The van der Waals surface area contributed by atoms with Crippen molar-refractivity contribution in [3.8, 4) is 5.75 Å². The van der Waals surface area contributed by atoms with Gasteiger partial charge in [0.2, 0.25) is 15.9 Å². The number of fused-ring (bicyclic) bond motifs is 1. The fraction of sp³-hybridized carbons (Fsp3) is 0.357. The van der Waals surface area contributed by atoms with E-state index >= 15 is 0 Å². The third kappa shape index (κ3) is 6.74. The largest absolute Gasteiger partial charge is 0.486 e. The lowest BCUT2D eigenvalue weighted by Crippen LogP contribution is -2.58. The lowest BCUT2D eigenvalue weighted by molar-refractivity contribution is -0.137. The van der Waals surface area contributed by atoms with Crippen LogP contribution in [0.3, 0.4) is 0 Å². The van der Waals surface area contributed by atoms with Crippen molar-refractivity contribution in [2.75, 3.05) is 32.7 Å². The molecule has 1 aliphatic rings. The number of benzene rings is 3. The molecule has 0 spiro atoms. The molecule has 10 nitrogen and oxygen atoms in total. The van der Waals surface area contributed by atoms with E-state index in [1.807, 2.05) is 49.4 Å². The first kappa shape index (κ1) is 28.5. The minimum absolute atomic E-state index is 0.0224. The lowest BCUT2D eigenvalue weighted by Gasteiger charge is -2.38. The van der Waals surface area contributed by atoms with Crippen molar-refractivity contribution in [2.45, 2.75) is 37.3 Å². The van der Waals surface area contributed by atoms with Gasteiger partial charge >= 0.3 is 0 Å². The Labute approximate surface area is 228 Å². The number of nitrogens with one attached hydrogen (secondary N) is 2. The van der Waals surface area contributed by atoms with E-state index in [1.165, 1.54) is 12.1 Å². The van der Waals surface area contributed by atoms with E-state index in [4.69, 9.17) is 4.74 Å². The molecule has 0 aromatic heterocycles. The molecule has 3 aromatic carbocycles. The van der Waals surface area contributed by atoms with Crippen LogP contribution < -0.4 is 14.9 Å². The summed E-state index contributed by atoms with van der Waals surface area (Å²) >= 11 is 0. The van der Waals surface area contributed by atoms with Crippen molar-refractivity contribution in [3.63, 3.8) is 0 Å². The Hall–Kier alpha value is -3.51. The smallest absolute Gasteiger partial charge is 0.262 e. The van der Waals surface area contributed by atoms with Crippen molar-refractivity contribution in [1.82, 2.24) is 20.0 Å². The van der Waals surface area contributed by atoms with Crippen LogP contribution >= 0.6 is 0 Å². The second-order valence-corrected chi connectivity index (χ2v) is 11.2. The Balaban J connectivity index is 1.39. The summed E-state index contributed by atoms with van der Waals surface area (Å²) in [5.41, 5.74) is 2.65. The summed E-state index contributed by atoms with van der Waals surface area (Å²) in [4.78, 5) is 27.8. The highest BCUT2D eigenvalue weighted by Gasteiger charge is 2.31. The van der Waals surface area contributed by atoms with Gasteiger partial charge in [0.05, 0.1) is 4.90 Å². The zero-order valence-electron chi connectivity index (χ0n) is 22.0. The zero-order chi connectivity index (χ0) is 28.0. The van der Waals surface area contributed by atoms with Crippen molar-refractivity contribution in [1.29, 1.82) is 0 Å². The van der Waals surface area contributed by atoms with Gasteiger partial charge < -0.3 is 9.64 Å². The van der Waals surface area contributed by atoms with Crippen LogP contribution in [0.5, 0.6) is 5.75 Å². The quantitative estimate of drug-likeness (QED) is 0.260. The highest BCUT2D eigenvalue weighted by molar-refractivity contribution is 7.89. The third-order valence-electron chi connectivity index (χ3n) is 7.00. The second-order valence-electron chi connectivity index (χ2n) is 9.41. The second kappa shape index (κ2) is 12.6. The van der Waals surface area contributed by atoms with E-state index < -0.39 is 22.0 Å². The van der Waals surface area contributed by atoms with Crippen LogP contribution in [0.25, 0.3) is 10.8 Å². The number of nitrogens with zero attached hydrogens (tertiary/aromatic N) is 2. The van der Waals surface area contributed by atoms with Gasteiger partial charge in [-0.15, -0.1) is 0 Å². The highest BCUT2D eigenvalue weighted by Crippen LogP contribution is 2.28. The molecule has 11 heteroatoms. The van der Waals surface area contributed by atoms with Crippen molar-refractivity contribution >= 4 is 32.6 Å². The summed E-state index contributed by atoms with van der Waals surface area (Å²) in [6.07, 6.45) is 0.134. The molecule has 2 atom stereocenters. The third-order valence-corrected chi connectivity index (χ3v) is 8.44. The number of piperazine rings is 1. The summed E-state index contributed by atoms with van der Waals surface area (Å²) in [5, 5.41) is 11.4. The van der Waals surface area contributed by atoms with Gasteiger partial charge in [0, 0.05) is 39.1 Å². The van der Waals surface area contributed by atoms with E-state index in [0.29, 0.717) is 38.3 Å². The zero-order valence-corrected chi connectivity index (χ0v) is 22.9. The molecular formula is C28H34N4O6S. The number of amides is 2. The van der Waals surface area contributed by atoms with Gasteiger partial charge in [-0.05, 0) is 47.5 Å². The number of hydrogen-bond donors (Lipinski definition) is 3. The highest BCUT2D eigenvalue weighted by atomic mass is 32.2. The predicted molar refractivity (Wildman–Crippen MR) is 147 cm³/mol. The molecule has 2 amide bonds. The van der Waals surface area contributed by atoms with Crippen LogP contribution in [0.1, 0.15) is 31.9 Å². The minimum atomic E-state index is -3.95. The van der Waals surface area contributed by atoms with Crippen molar-refractivity contribution < 1.29 is 28.0 Å². The fourth-order valence-corrected chi connectivity index (χ4v) is 5.85. The molecule has 1 aliphatic heterocycles. The van der Waals surface area contributed by atoms with E-state index in [1.54, 1.807) is 34.3 Å². The van der Waals surface area contributed by atoms with Crippen LogP contribution in [-0.4, -0.2) is 74.0 Å². The maximum Gasteiger partial charge on any atom is 0.262 e. The van der Waals surface area contributed by atoms with Crippen LogP contribution in [0.4, 0.5) is 0 Å². The SMILES string of the molecule is CCC(=O)N1CCN(C(CNS(=O)(=O)c2ccc(O[C@@H](C)c3cccc4ccccc34)cc2)C(=O)NO)CC1.